The van der Waals surface area contributed by atoms with Crippen molar-refractivity contribution in [1.82, 2.24) is 4.98 Å². The molecule has 0 saturated heterocycles. The Bertz CT molecular complexity index is 417. The fraction of sp³-hybridized carbons (Fsp3) is 0.273. The largest absolute Gasteiger partial charge is 0.396 e. The molecular weight excluding hydrogens is 162 g/mol. The zero-order valence-electron chi connectivity index (χ0n) is 7.67. The molecule has 1 aromatic heterocycles. The smallest absolute Gasteiger partial charge is 0.0472 e. The van der Waals surface area contributed by atoms with Crippen LogP contribution >= 0.6 is 0 Å². The zero-order chi connectivity index (χ0) is 9.26. The number of hydrogen-bond donors (Lipinski definition) is 2. The van der Waals surface area contributed by atoms with Crippen LogP contribution in [0.25, 0.3) is 10.9 Å². The lowest BCUT2D eigenvalue weighted by molar-refractivity contribution is 0.300. The summed E-state index contributed by atoms with van der Waals surface area (Å²) in [6, 6.07) is 6.19. The van der Waals surface area contributed by atoms with E-state index in [-0.39, 0.29) is 6.61 Å². The summed E-state index contributed by atoms with van der Waals surface area (Å²) in [5.41, 5.74) is 3.63. The highest BCUT2D eigenvalue weighted by Gasteiger charge is 2.04. The summed E-state index contributed by atoms with van der Waals surface area (Å²) in [5, 5.41) is 10.1. The van der Waals surface area contributed by atoms with E-state index in [0.29, 0.717) is 0 Å². The van der Waals surface area contributed by atoms with Crippen LogP contribution in [-0.4, -0.2) is 16.7 Å². The first-order chi connectivity index (χ1) is 6.33. The Hall–Kier alpha value is -1.28. The topological polar surface area (TPSA) is 36.0 Å². The Kier molecular flexibility index (Phi) is 2.07. The second-order valence-electron chi connectivity index (χ2n) is 3.28. The van der Waals surface area contributed by atoms with Crippen molar-refractivity contribution in [2.75, 3.05) is 6.61 Å². The van der Waals surface area contributed by atoms with E-state index in [2.05, 4.69) is 24.0 Å². The first-order valence-corrected chi connectivity index (χ1v) is 4.49. The number of nitrogens with one attached hydrogen (secondary N) is 1. The molecule has 13 heavy (non-hydrogen) atoms. The van der Waals surface area contributed by atoms with Crippen LogP contribution in [0.2, 0.25) is 0 Å². The lowest BCUT2D eigenvalue weighted by atomic mass is 10.1. The Morgan fingerprint density at radius 1 is 1.38 bits per heavy atom. The third-order valence-corrected chi connectivity index (χ3v) is 2.38. The molecule has 0 bridgehead atoms. The molecule has 0 saturated carbocycles. The summed E-state index contributed by atoms with van der Waals surface area (Å²) < 4.78 is 0. The van der Waals surface area contributed by atoms with Gasteiger partial charge in [-0.2, -0.15) is 0 Å². The van der Waals surface area contributed by atoms with E-state index in [1.54, 1.807) is 0 Å². The monoisotopic (exact) mass is 175 g/mol. The number of hydrogen-bond acceptors (Lipinski definition) is 1. The quantitative estimate of drug-likeness (QED) is 0.719. The molecule has 2 heteroatoms. The third-order valence-electron chi connectivity index (χ3n) is 2.38. The van der Waals surface area contributed by atoms with Gasteiger partial charge in [0.05, 0.1) is 0 Å². The second-order valence-corrected chi connectivity index (χ2v) is 3.28. The minimum atomic E-state index is 0.210. The van der Waals surface area contributed by atoms with Gasteiger partial charge in [-0.3, -0.25) is 0 Å². The molecule has 0 aliphatic carbocycles. The van der Waals surface area contributed by atoms with Gasteiger partial charge in [-0.15, -0.1) is 0 Å². The number of aromatic amines is 1. The maximum atomic E-state index is 8.87. The van der Waals surface area contributed by atoms with Crippen LogP contribution in [0.15, 0.2) is 24.4 Å². The predicted molar refractivity (Wildman–Crippen MR) is 53.8 cm³/mol. The van der Waals surface area contributed by atoms with Crippen molar-refractivity contribution < 1.29 is 5.11 Å². The lowest BCUT2D eigenvalue weighted by Gasteiger charge is -1.99. The Morgan fingerprint density at radius 3 is 3.00 bits per heavy atom. The molecule has 0 atom stereocenters. The Balaban J connectivity index is 2.64. The maximum absolute atomic E-state index is 8.87. The van der Waals surface area contributed by atoms with E-state index in [4.69, 9.17) is 5.11 Å². The number of aliphatic hydroxyl groups excluding tert-OH is 1. The number of aryl methyl sites for hydroxylation is 1. The summed E-state index contributed by atoms with van der Waals surface area (Å²) in [7, 11) is 0. The van der Waals surface area contributed by atoms with Crippen LogP contribution in [0.5, 0.6) is 0 Å². The predicted octanol–water partition coefficient (Wildman–Crippen LogP) is 2.01. The van der Waals surface area contributed by atoms with E-state index in [1.807, 2.05) is 12.3 Å². The SMILES string of the molecule is Cc1cccc2[nH]cc(CCO)c12. The third kappa shape index (κ3) is 1.33. The molecule has 1 heterocycles. The molecule has 0 radical (unpaired) electrons. The molecule has 0 aliphatic rings. The highest BCUT2D eigenvalue weighted by molar-refractivity contribution is 5.86. The number of fused-ring (bicyclic) bond motifs is 1. The molecule has 0 spiro atoms. The van der Waals surface area contributed by atoms with Crippen LogP contribution < -0.4 is 0 Å². The first-order valence-electron chi connectivity index (χ1n) is 4.49. The van der Waals surface area contributed by atoms with Crippen LogP contribution in [0.1, 0.15) is 11.1 Å². The second kappa shape index (κ2) is 3.23. The van der Waals surface area contributed by atoms with Crippen LogP contribution in [0, 0.1) is 6.92 Å². The summed E-state index contributed by atoms with van der Waals surface area (Å²) in [6.45, 7) is 2.30. The van der Waals surface area contributed by atoms with Crippen LogP contribution in [0.4, 0.5) is 0 Å². The van der Waals surface area contributed by atoms with E-state index >= 15 is 0 Å². The maximum Gasteiger partial charge on any atom is 0.0472 e. The van der Waals surface area contributed by atoms with Crippen LogP contribution in [-0.2, 0) is 6.42 Å². The van der Waals surface area contributed by atoms with Gasteiger partial charge < -0.3 is 10.1 Å². The molecule has 0 amide bonds. The summed E-state index contributed by atoms with van der Waals surface area (Å²) >= 11 is 0. The Labute approximate surface area is 77.2 Å². The molecule has 2 nitrogen and oxygen atoms in total. The van der Waals surface area contributed by atoms with Crippen molar-refractivity contribution >= 4 is 10.9 Å². The molecule has 0 unspecified atom stereocenters. The molecule has 1 aromatic carbocycles. The normalized spacial score (nSPS) is 10.9. The summed E-state index contributed by atoms with van der Waals surface area (Å²) in [4.78, 5) is 3.20. The molecular formula is C11H13NO. The average Bonchev–Trinajstić information content (AvgIpc) is 2.51. The number of aliphatic hydroxyl groups is 1. The molecule has 0 aliphatic heterocycles. The minimum absolute atomic E-state index is 0.210. The fourth-order valence-corrected chi connectivity index (χ4v) is 1.77. The van der Waals surface area contributed by atoms with Crippen molar-refractivity contribution in [3.05, 3.63) is 35.5 Å². The first kappa shape index (κ1) is 8.32. The standard InChI is InChI=1S/C11H13NO/c1-8-3-2-4-10-11(8)9(5-6-13)7-12-10/h2-4,7,12-13H,5-6H2,1H3. The zero-order valence-corrected chi connectivity index (χ0v) is 7.67. The molecule has 0 fully saturated rings. The van der Waals surface area contributed by atoms with E-state index in [0.717, 1.165) is 11.9 Å². The number of H-pyrrole nitrogens is 1. The molecule has 2 N–H and O–H groups in total. The van der Waals surface area contributed by atoms with Gasteiger partial charge in [-0.05, 0) is 30.5 Å². The van der Waals surface area contributed by atoms with Gasteiger partial charge in [-0.1, -0.05) is 12.1 Å². The number of aromatic nitrogens is 1. The van der Waals surface area contributed by atoms with Gasteiger partial charge in [0.15, 0.2) is 0 Å². The number of benzene rings is 1. The molecule has 2 aromatic rings. The van der Waals surface area contributed by atoms with Gasteiger partial charge in [0.25, 0.3) is 0 Å². The van der Waals surface area contributed by atoms with E-state index < -0.39 is 0 Å². The molecule has 68 valence electrons. The molecule has 2 rings (SSSR count). The van der Waals surface area contributed by atoms with E-state index in [1.165, 1.54) is 16.5 Å². The van der Waals surface area contributed by atoms with Crippen molar-refractivity contribution in [2.45, 2.75) is 13.3 Å². The van der Waals surface area contributed by atoms with Gasteiger partial charge in [0, 0.05) is 23.7 Å². The van der Waals surface area contributed by atoms with Gasteiger partial charge in [-0.25, -0.2) is 0 Å². The van der Waals surface area contributed by atoms with Crippen molar-refractivity contribution in [3.63, 3.8) is 0 Å². The van der Waals surface area contributed by atoms with Gasteiger partial charge in [0.2, 0.25) is 0 Å². The highest BCUT2D eigenvalue weighted by Crippen LogP contribution is 2.21. The lowest BCUT2D eigenvalue weighted by Crippen LogP contribution is -1.89. The van der Waals surface area contributed by atoms with Crippen molar-refractivity contribution in [3.8, 4) is 0 Å². The van der Waals surface area contributed by atoms with Crippen LogP contribution in [0.3, 0.4) is 0 Å². The summed E-state index contributed by atoms with van der Waals surface area (Å²) in [6.07, 6.45) is 2.71. The summed E-state index contributed by atoms with van der Waals surface area (Å²) in [5.74, 6) is 0. The van der Waals surface area contributed by atoms with Crippen molar-refractivity contribution in [2.24, 2.45) is 0 Å². The minimum Gasteiger partial charge on any atom is -0.396 e. The Morgan fingerprint density at radius 2 is 2.23 bits per heavy atom. The van der Waals surface area contributed by atoms with Gasteiger partial charge >= 0.3 is 0 Å². The highest BCUT2D eigenvalue weighted by atomic mass is 16.2. The van der Waals surface area contributed by atoms with E-state index in [9.17, 15) is 0 Å². The number of rotatable bonds is 2. The van der Waals surface area contributed by atoms with Crippen molar-refractivity contribution in [1.29, 1.82) is 0 Å². The van der Waals surface area contributed by atoms with Gasteiger partial charge in [0.1, 0.15) is 0 Å². The average molecular weight is 175 g/mol. The fourth-order valence-electron chi connectivity index (χ4n) is 1.77.